The lowest BCUT2D eigenvalue weighted by Crippen LogP contribution is -2.23. The summed E-state index contributed by atoms with van der Waals surface area (Å²) in [6.07, 6.45) is 0. The van der Waals surface area contributed by atoms with Crippen LogP contribution >= 0.6 is 24.0 Å². The highest BCUT2D eigenvalue weighted by molar-refractivity contribution is 14.0. The SMILES string of the molecule is Cc1nc2ccccc2n1CCN=C(N)Nc1cccc(C(C)C)c1.I. The summed E-state index contributed by atoms with van der Waals surface area (Å²) >= 11 is 0. The van der Waals surface area contributed by atoms with Gasteiger partial charge in [-0.25, -0.2) is 4.98 Å². The summed E-state index contributed by atoms with van der Waals surface area (Å²) in [5, 5.41) is 3.17. The summed E-state index contributed by atoms with van der Waals surface area (Å²) in [5.41, 5.74) is 10.4. The maximum absolute atomic E-state index is 6.04. The van der Waals surface area contributed by atoms with E-state index in [0.717, 1.165) is 29.1 Å². The molecule has 5 nitrogen and oxygen atoms in total. The van der Waals surface area contributed by atoms with Gasteiger partial charge in [0.1, 0.15) is 5.82 Å². The van der Waals surface area contributed by atoms with E-state index in [1.54, 1.807) is 0 Å². The first-order valence-electron chi connectivity index (χ1n) is 8.63. The van der Waals surface area contributed by atoms with Crippen LogP contribution in [-0.4, -0.2) is 22.1 Å². The van der Waals surface area contributed by atoms with Gasteiger partial charge in [-0.2, -0.15) is 0 Å². The van der Waals surface area contributed by atoms with Crippen LogP contribution in [0.1, 0.15) is 31.2 Å². The lowest BCUT2D eigenvalue weighted by molar-refractivity contribution is 0.704. The Bertz CT molecular complexity index is 898. The number of anilines is 1. The zero-order chi connectivity index (χ0) is 17.8. The van der Waals surface area contributed by atoms with Crippen LogP contribution in [0.4, 0.5) is 5.69 Å². The number of benzene rings is 2. The third kappa shape index (κ3) is 4.75. The van der Waals surface area contributed by atoms with Crippen LogP contribution in [0.5, 0.6) is 0 Å². The molecule has 138 valence electrons. The molecule has 0 saturated carbocycles. The van der Waals surface area contributed by atoms with Crippen molar-refractivity contribution < 1.29 is 0 Å². The number of nitrogens with two attached hydrogens (primary N) is 1. The molecule has 1 aromatic heterocycles. The van der Waals surface area contributed by atoms with E-state index in [0.29, 0.717) is 18.4 Å². The van der Waals surface area contributed by atoms with Gasteiger partial charge in [-0.1, -0.05) is 38.1 Å². The average molecular weight is 463 g/mol. The van der Waals surface area contributed by atoms with Crippen molar-refractivity contribution in [2.75, 3.05) is 11.9 Å². The van der Waals surface area contributed by atoms with Gasteiger partial charge >= 0.3 is 0 Å². The maximum Gasteiger partial charge on any atom is 0.193 e. The Morgan fingerprint density at radius 2 is 1.96 bits per heavy atom. The van der Waals surface area contributed by atoms with Gasteiger partial charge in [0, 0.05) is 12.2 Å². The van der Waals surface area contributed by atoms with Crippen LogP contribution in [0.3, 0.4) is 0 Å². The number of halogens is 1. The smallest absolute Gasteiger partial charge is 0.193 e. The van der Waals surface area contributed by atoms with E-state index in [2.05, 4.69) is 51.9 Å². The van der Waals surface area contributed by atoms with Gasteiger partial charge in [-0.15, -0.1) is 24.0 Å². The fraction of sp³-hybridized carbons (Fsp3) is 0.300. The molecule has 0 aliphatic rings. The molecule has 0 radical (unpaired) electrons. The Labute approximate surface area is 171 Å². The number of aliphatic imine (C=N–C) groups is 1. The molecule has 0 bridgehead atoms. The molecule has 0 spiro atoms. The van der Waals surface area contributed by atoms with E-state index in [1.807, 2.05) is 37.3 Å². The highest BCUT2D eigenvalue weighted by Crippen LogP contribution is 2.18. The average Bonchev–Trinajstić information content (AvgIpc) is 2.91. The third-order valence-corrected chi connectivity index (χ3v) is 4.28. The molecule has 0 amide bonds. The Balaban J connectivity index is 0.00000243. The van der Waals surface area contributed by atoms with Crippen molar-refractivity contribution in [3.63, 3.8) is 0 Å². The zero-order valence-electron chi connectivity index (χ0n) is 15.4. The lowest BCUT2D eigenvalue weighted by atomic mass is 10.0. The van der Waals surface area contributed by atoms with Crippen molar-refractivity contribution in [3.8, 4) is 0 Å². The first kappa shape index (κ1) is 20.2. The summed E-state index contributed by atoms with van der Waals surface area (Å²) in [4.78, 5) is 9.02. The summed E-state index contributed by atoms with van der Waals surface area (Å²) in [5.74, 6) is 1.91. The second-order valence-corrected chi connectivity index (χ2v) is 6.47. The van der Waals surface area contributed by atoms with Crippen molar-refractivity contribution in [2.45, 2.75) is 33.2 Å². The lowest BCUT2D eigenvalue weighted by Gasteiger charge is -2.10. The molecular formula is C20H26IN5. The second kappa shape index (κ2) is 9.02. The van der Waals surface area contributed by atoms with E-state index in [1.165, 1.54) is 5.56 Å². The molecule has 3 rings (SSSR count). The van der Waals surface area contributed by atoms with Gasteiger partial charge in [-0.3, -0.25) is 4.99 Å². The normalized spacial score (nSPS) is 11.6. The topological polar surface area (TPSA) is 68.2 Å². The molecule has 0 saturated heterocycles. The molecule has 0 fully saturated rings. The first-order valence-corrected chi connectivity index (χ1v) is 8.63. The molecular weight excluding hydrogens is 437 g/mol. The molecule has 3 N–H and O–H groups in total. The minimum absolute atomic E-state index is 0. The second-order valence-electron chi connectivity index (χ2n) is 6.47. The Morgan fingerprint density at radius 3 is 2.73 bits per heavy atom. The summed E-state index contributed by atoms with van der Waals surface area (Å²) in [7, 11) is 0. The van der Waals surface area contributed by atoms with Gasteiger partial charge < -0.3 is 15.6 Å². The molecule has 0 aliphatic heterocycles. The highest BCUT2D eigenvalue weighted by atomic mass is 127. The van der Waals surface area contributed by atoms with Gasteiger partial charge in [0.25, 0.3) is 0 Å². The van der Waals surface area contributed by atoms with Crippen molar-refractivity contribution in [1.82, 2.24) is 9.55 Å². The molecule has 0 atom stereocenters. The summed E-state index contributed by atoms with van der Waals surface area (Å²) in [6.45, 7) is 7.72. The van der Waals surface area contributed by atoms with Crippen molar-refractivity contribution >= 4 is 46.7 Å². The Hall–Kier alpha value is -2.09. The predicted octanol–water partition coefficient (Wildman–Crippen LogP) is 4.51. The monoisotopic (exact) mass is 463 g/mol. The molecule has 26 heavy (non-hydrogen) atoms. The number of nitrogens with one attached hydrogen (secondary N) is 1. The standard InChI is InChI=1S/C20H25N5.HI/c1-14(2)16-7-6-8-17(13-16)24-20(21)22-11-12-25-15(3)23-18-9-4-5-10-19(18)25;/h4-10,13-14H,11-12H2,1-3H3,(H3,21,22,24);1H. The van der Waals surface area contributed by atoms with Crippen LogP contribution in [-0.2, 0) is 6.54 Å². The number of imidazole rings is 1. The van der Waals surface area contributed by atoms with E-state index < -0.39 is 0 Å². The molecule has 2 aromatic carbocycles. The highest BCUT2D eigenvalue weighted by Gasteiger charge is 2.06. The van der Waals surface area contributed by atoms with Crippen LogP contribution in [0, 0.1) is 6.92 Å². The van der Waals surface area contributed by atoms with Crippen molar-refractivity contribution in [3.05, 3.63) is 59.9 Å². The number of para-hydroxylation sites is 2. The number of aromatic nitrogens is 2. The van der Waals surface area contributed by atoms with E-state index in [-0.39, 0.29) is 24.0 Å². The molecule has 1 heterocycles. The molecule has 0 aliphatic carbocycles. The third-order valence-electron chi connectivity index (χ3n) is 4.28. The Morgan fingerprint density at radius 1 is 1.19 bits per heavy atom. The van der Waals surface area contributed by atoms with Crippen molar-refractivity contribution in [2.24, 2.45) is 10.7 Å². The van der Waals surface area contributed by atoms with Crippen LogP contribution in [0.25, 0.3) is 11.0 Å². The minimum atomic E-state index is 0. The largest absolute Gasteiger partial charge is 0.370 e. The number of aryl methyl sites for hydroxylation is 1. The molecule has 0 unspecified atom stereocenters. The zero-order valence-corrected chi connectivity index (χ0v) is 17.8. The van der Waals surface area contributed by atoms with E-state index in [4.69, 9.17) is 5.73 Å². The summed E-state index contributed by atoms with van der Waals surface area (Å²) < 4.78 is 2.17. The fourth-order valence-corrected chi connectivity index (χ4v) is 2.91. The van der Waals surface area contributed by atoms with Gasteiger partial charge in [0.2, 0.25) is 0 Å². The van der Waals surface area contributed by atoms with Gasteiger partial charge in [-0.05, 0) is 42.7 Å². The van der Waals surface area contributed by atoms with Gasteiger partial charge in [0.15, 0.2) is 5.96 Å². The van der Waals surface area contributed by atoms with E-state index >= 15 is 0 Å². The minimum Gasteiger partial charge on any atom is -0.370 e. The molecule has 3 aromatic rings. The number of hydrogen-bond acceptors (Lipinski definition) is 2. The summed E-state index contributed by atoms with van der Waals surface area (Å²) in [6, 6.07) is 16.4. The van der Waals surface area contributed by atoms with Gasteiger partial charge in [0.05, 0.1) is 17.6 Å². The molecule has 6 heteroatoms. The number of rotatable bonds is 5. The quantitative estimate of drug-likeness (QED) is 0.332. The van der Waals surface area contributed by atoms with Crippen LogP contribution < -0.4 is 11.1 Å². The van der Waals surface area contributed by atoms with E-state index in [9.17, 15) is 0 Å². The number of hydrogen-bond donors (Lipinski definition) is 2. The number of guanidine groups is 1. The maximum atomic E-state index is 6.04. The Kier molecular flexibility index (Phi) is 7.02. The van der Waals surface area contributed by atoms with Crippen LogP contribution in [0.2, 0.25) is 0 Å². The van der Waals surface area contributed by atoms with Crippen molar-refractivity contribution in [1.29, 1.82) is 0 Å². The first-order chi connectivity index (χ1) is 12.0. The number of nitrogens with zero attached hydrogens (tertiary/aromatic N) is 3. The number of fused-ring (bicyclic) bond motifs is 1. The predicted molar refractivity (Wildman–Crippen MR) is 121 cm³/mol. The van der Waals surface area contributed by atoms with Crippen LogP contribution in [0.15, 0.2) is 53.5 Å². The fourth-order valence-electron chi connectivity index (χ4n) is 2.91.